The van der Waals surface area contributed by atoms with Crippen molar-refractivity contribution in [1.82, 2.24) is 4.57 Å². The molecule has 0 unspecified atom stereocenters. The fraction of sp³-hybridized carbons (Fsp3) is 0.375. The minimum absolute atomic E-state index is 0.117. The molecular formula is C16H19NO3. The summed E-state index contributed by atoms with van der Waals surface area (Å²) in [6.07, 6.45) is 3.10. The van der Waals surface area contributed by atoms with Gasteiger partial charge >= 0.3 is 5.97 Å². The van der Waals surface area contributed by atoms with Gasteiger partial charge in [0.05, 0.1) is 6.61 Å². The fourth-order valence-electron chi connectivity index (χ4n) is 2.31. The molecule has 1 aromatic carbocycles. The Labute approximate surface area is 118 Å². The maximum Gasteiger partial charge on any atom is 0.325 e. The zero-order valence-electron chi connectivity index (χ0n) is 11.9. The van der Waals surface area contributed by atoms with Crippen molar-refractivity contribution in [1.29, 1.82) is 0 Å². The number of benzene rings is 1. The molecule has 0 fully saturated rings. The molecule has 0 amide bonds. The molecule has 0 N–H and O–H groups in total. The molecule has 1 heterocycles. The Balaban J connectivity index is 2.40. The van der Waals surface area contributed by atoms with Crippen molar-refractivity contribution in [2.75, 3.05) is 6.61 Å². The largest absolute Gasteiger partial charge is 0.465 e. The van der Waals surface area contributed by atoms with E-state index in [0.717, 1.165) is 17.3 Å². The van der Waals surface area contributed by atoms with Crippen LogP contribution in [0.5, 0.6) is 0 Å². The van der Waals surface area contributed by atoms with Crippen molar-refractivity contribution in [3.63, 3.8) is 0 Å². The molecule has 4 nitrogen and oxygen atoms in total. The van der Waals surface area contributed by atoms with Crippen molar-refractivity contribution in [2.24, 2.45) is 0 Å². The monoisotopic (exact) mass is 273 g/mol. The summed E-state index contributed by atoms with van der Waals surface area (Å²) in [5.74, 6) is -0.172. The number of hydrogen-bond donors (Lipinski definition) is 0. The minimum atomic E-state index is -0.289. The standard InChI is InChI=1S/C16H19NO3/c1-3-7-15(18)13-10-17(11-16(19)20-4-2)14-9-6-5-8-12(13)14/h5-6,8-10H,3-4,7,11H2,1-2H3. The van der Waals surface area contributed by atoms with Crippen LogP contribution in [-0.4, -0.2) is 22.9 Å². The van der Waals surface area contributed by atoms with Gasteiger partial charge in [0.2, 0.25) is 0 Å². The Morgan fingerprint density at radius 1 is 1.20 bits per heavy atom. The van der Waals surface area contributed by atoms with E-state index in [9.17, 15) is 9.59 Å². The highest BCUT2D eigenvalue weighted by Crippen LogP contribution is 2.23. The minimum Gasteiger partial charge on any atom is -0.465 e. The summed E-state index contributed by atoms with van der Waals surface area (Å²) in [5, 5.41) is 0.898. The van der Waals surface area contributed by atoms with Crippen LogP contribution in [0.3, 0.4) is 0 Å². The predicted octanol–water partition coefficient (Wildman–Crippen LogP) is 3.19. The molecule has 0 aliphatic heterocycles. The van der Waals surface area contributed by atoms with Crippen LogP contribution >= 0.6 is 0 Å². The van der Waals surface area contributed by atoms with Crippen molar-refractivity contribution in [3.8, 4) is 0 Å². The lowest BCUT2D eigenvalue weighted by Gasteiger charge is -2.04. The summed E-state index contributed by atoms with van der Waals surface area (Å²) >= 11 is 0. The van der Waals surface area contributed by atoms with Crippen molar-refractivity contribution in [3.05, 3.63) is 36.0 Å². The zero-order chi connectivity index (χ0) is 14.5. The molecule has 2 aromatic rings. The summed E-state index contributed by atoms with van der Waals surface area (Å²) in [5.41, 5.74) is 1.58. The number of fused-ring (bicyclic) bond motifs is 1. The highest BCUT2D eigenvalue weighted by molar-refractivity contribution is 6.08. The van der Waals surface area contributed by atoms with Gasteiger partial charge in [0.1, 0.15) is 6.54 Å². The number of carbonyl (C=O) groups is 2. The number of aromatic nitrogens is 1. The van der Waals surface area contributed by atoms with Gasteiger partial charge in [0.15, 0.2) is 5.78 Å². The van der Waals surface area contributed by atoms with E-state index in [2.05, 4.69) is 0 Å². The molecule has 0 aliphatic rings. The third kappa shape index (κ3) is 2.90. The molecule has 0 aliphatic carbocycles. The molecule has 0 spiro atoms. The normalized spacial score (nSPS) is 10.7. The second kappa shape index (κ2) is 6.37. The van der Waals surface area contributed by atoms with Gasteiger partial charge in [-0.3, -0.25) is 9.59 Å². The maximum atomic E-state index is 12.2. The van der Waals surface area contributed by atoms with Crippen LogP contribution in [0.15, 0.2) is 30.5 Å². The van der Waals surface area contributed by atoms with Crippen LogP contribution in [-0.2, 0) is 16.1 Å². The van der Waals surface area contributed by atoms with Crippen LogP contribution < -0.4 is 0 Å². The Morgan fingerprint density at radius 2 is 1.95 bits per heavy atom. The molecule has 1 aromatic heterocycles. The first-order valence-corrected chi connectivity index (χ1v) is 6.94. The van der Waals surface area contributed by atoms with Gasteiger partial charge in [-0.15, -0.1) is 0 Å². The predicted molar refractivity (Wildman–Crippen MR) is 77.8 cm³/mol. The lowest BCUT2D eigenvalue weighted by atomic mass is 10.1. The van der Waals surface area contributed by atoms with E-state index in [1.165, 1.54) is 0 Å². The Kier molecular flexibility index (Phi) is 4.56. The average molecular weight is 273 g/mol. The van der Waals surface area contributed by atoms with Crippen LogP contribution in [0.25, 0.3) is 10.9 Å². The first kappa shape index (κ1) is 14.3. The maximum absolute atomic E-state index is 12.2. The van der Waals surface area contributed by atoms with Crippen molar-refractivity contribution < 1.29 is 14.3 Å². The van der Waals surface area contributed by atoms with E-state index in [4.69, 9.17) is 4.74 Å². The van der Waals surface area contributed by atoms with E-state index in [-0.39, 0.29) is 18.3 Å². The second-order valence-corrected chi connectivity index (χ2v) is 4.67. The summed E-state index contributed by atoms with van der Waals surface area (Å²) in [6, 6.07) is 7.63. The number of hydrogen-bond acceptors (Lipinski definition) is 3. The zero-order valence-corrected chi connectivity index (χ0v) is 11.9. The number of para-hydroxylation sites is 1. The molecule has 0 radical (unpaired) electrons. The third-order valence-electron chi connectivity index (χ3n) is 3.17. The Bertz CT molecular complexity index is 628. The number of ketones is 1. The lowest BCUT2D eigenvalue weighted by molar-refractivity contribution is -0.143. The summed E-state index contributed by atoms with van der Waals surface area (Å²) < 4.78 is 6.76. The number of Topliss-reactive ketones (excluding diaryl/α,β-unsaturated/α-hetero) is 1. The molecule has 106 valence electrons. The Morgan fingerprint density at radius 3 is 2.65 bits per heavy atom. The average Bonchev–Trinajstić information content (AvgIpc) is 2.79. The number of nitrogens with zero attached hydrogens (tertiary/aromatic N) is 1. The van der Waals surface area contributed by atoms with Gasteiger partial charge in [-0.1, -0.05) is 25.1 Å². The second-order valence-electron chi connectivity index (χ2n) is 4.67. The van der Waals surface area contributed by atoms with E-state index in [1.807, 2.05) is 31.2 Å². The quantitative estimate of drug-likeness (QED) is 0.600. The SMILES string of the molecule is CCCC(=O)c1cn(CC(=O)OCC)c2ccccc12. The van der Waals surface area contributed by atoms with Gasteiger partial charge < -0.3 is 9.30 Å². The van der Waals surface area contributed by atoms with E-state index >= 15 is 0 Å². The molecular weight excluding hydrogens is 254 g/mol. The Hall–Kier alpha value is -2.10. The number of ether oxygens (including phenoxy) is 1. The molecule has 0 atom stereocenters. The first-order valence-electron chi connectivity index (χ1n) is 6.94. The van der Waals surface area contributed by atoms with Gasteiger partial charge in [0, 0.05) is 29.1 Å². The van der Waals surface area contributed by atoms with Crippen LogP contribution in [0, 0.1) is 0 Å². The summed E-state index contributed by atoms with van der Waals surface area (Å²) in [4.78, 5) is 23.8. The smallest absolute Gasteiger partial charge is 0.325 e. The molecule has 0 bridgehead atoms. The number of carbonyl (C=O) groups excluding carboxylic acids is 2. The molecule has 2 rings (SSSR count). The highest BCUT2D eigenvalue weighted by Gasteiger charge is 2.15. The van der Waals surface area contributed by atoms with E-state index in [0.29, 0.717) is 18.6 Å². The molecule has 0 saturated heterocycles. The lowest BCUT2D eigenvalue weighted by Crippen LogP contribution is -2.12. The molecule has 4 heteroatoms. The van der Waals surface area contributed by atoms with Gasteiger partial charge in [0.25, 0.3) is 0 Å². The van der Waals surface area contributed by atoms with Crippen molar-refractivity contribution >= 4 is 22.7 Å². The number of esters is 1. The highest BCUT2D eigenvalue weighted by atomic mass is 16.5. The summed E-state index contributed by atoms with van der Waals surface area (Å²) in [6.45, 7) is 4.25. The van der Waals surface area contributed by atoms with Crippen LogP contribution in [0.1, 0.15) is 37.0 Å². The molecule has 20 heavy (non-hydrogen) atoms. The van der Waals surface area contributed by atoms with Gasteiger partial charge in [-0.25, -0.2) is 0 Å². The topological polar surface area (TPSA) is 48.3 Å². The van der Waals surface area contributed by atoms with Gasteiger partial charge in [-0.2, -0.15) is 0 Å². The fourth-order valence-corrected chi connectivity index (χ4v) is 2.31. The molecule has 0 saturated carbocycles. The third-order valence-corrected chi connectivity index (χ3v) is 3.17. The van der Waals surface area contributed by atoms with E-state index < -0.39 is 0 Å². The van der Waals surface area contributed by atoms with Crippen LogP contribution in [0.4, 0.5) is 0 Å². The van der Waals surface area contributed by atoms with Gasteiger partial charge in [-0.05, 0) is 19.4 Å². The first-order chi connectivity index (χ1) is 9.67. The van der Waals surface area contributed by atoms with Crippen LogP contribution in [0.2, 0.25) is 0 Å². The van der Waals surface area contributed by atoms with Crippen molar-refractivity contribution in [2.45, 2.75) is 33.2 Å². The van der Waals surface area contributed by atoms with E-state index in [1.54, 1.807) is 17.7 Å². The summed E-state index contributed by atoms with van der Waals surface area (Å²) in [7, 11) is 0. The number of rotatable bonds is 6.